The third-order valence-electron chi connectivity index (χ3n) is 4.06. The van der Waals surface area contributed by atoms with E-state index in [2.05, 4.69) is 27.6 Å². The van der Waals surface area contributed by atoms with Gasteiger partial charge in [-0.05, 0) is 37.3 Å². The zero-order chi connectivity index (χ0) is 17.1. The summed E-state index contributed by atoms with van der Waals surface area (Å²) in [5, 5.41) is 10.9. The van der Waals surface area contributed by atoms with Crippen molar-refractivity contribution < 1.29 is 4.79 Å². The van der Waals surface area contributed by atoms with Crippen LogP contribution >= 0.6 is 11.8 Å². The standard InChI is InChI=1S/C16H19N5O2S/c1-10-15(23)21(17)16(20-19-10)24-9-14(22)18-13-8-4-6-11-5-2-3-7-12(11)13/h2-3,5,7,13H,4,6,8-9,17H2,1H3,(H,18,22)/t13-/m1/s1. The Morgan fingerprint density at radius 2 is 2.21 bits per heavy atom. The number of amides is 1. The maximum atomic E-state index is 12.2. The molecular formula is C16H19N5O2S. The lowest BCUT2D eigenvalue weighted by molar-refractivity contribution is -0.119. The minimum atomic E-state index is -0.408. The van der Waals surface area contributed by atoms with Gasteiger partial charge in [-0.1, -0.05) is 36.0 Å². The van der Waals surface area contributed by atoms with E-state index < -0.39 is 5.56 Å². The smallest absolute Gasteiger partial charge is 0.294 e. The van der Waals surface area contributed by atoms with Crippen LogP contribution in [0.3, 0.4) is 0 Å². The minimum absolute atomic E-state index is 0.0345. The molecule has 0 fully saturated rings. The number of aryl methyl sites for hydroxylation is 2. The van der Waals surface area contributed by atoms with Gasteiger partial charge in [-0.15, -0.1) is 10.2 Å². The number of carbonyl (C=O) groups is 1. The van der Waals surface area contributed by atoms with Crippen LogP contribution in [-0.4, -0.2) is 26.5 Å². The second-order valence-corrected chi connectivity index (χ2v) is 6.69. The summed E-state index contributed by atoms with van der Waals surface area (Å²) in [6.07, 6.45) is 3.04. The number of hydrogen-bond acceptors (Lipinski definition) is 6. The quantitative estimate of drug-likeness (QED) is 0.632. The van der Waals surface area contributed by atoms with Crippen LogP contribution in [0.4, 0.5) is 0 Å². The van der Waals surface area contributed by atoms with Crippen LogP contribution in [0.25, 0.3) is 0 Å². The van der Waals surface area contributed by atoms with Crippen LogP contribution in [0.15, 0.2) is 34.2 Å². The first-order valence-corrected chi connectivity index (χ1v) is 8.76. The third kappa shape index (κ3) is 3.43. The van der Waals surface area contributed by atoms with Gasteiger partial charge in [-0.2, -0.15) is 4.68 Å². The molecule has 1 heterocycles. The number of nitrogens with one attached hydrogen (secondary N) is 1. The van der Waals surface area contributed by atoms with Crippen LogP contribution in [0, 0.1) is 6.92 Å². The molecule has 1 aliphatic carbocycles. The van der Waals surface area contributed by atoms with Crippen molar-refractivity contribution in [3.05, 3.63) is 51.4 Å². The van der Waals surface area contributed by atoms with Crippen LogP contribution in [0.2, 0.25) is 0 Å². The Bertz CT molecular complexity index is 820. The van der Waals surface area contributed by atoms with Gasteiger partial charge in [0, 0.05) is 0 Å². The Morgan fingerprint density at radius 3 is 3.04 bits per heavy atom. The Kier molecular flexibility index (Phi) is 4.84. The normalized spacial score (nSPS) is 16.5. The Hall–Kier alpha value is -2.35. The van der Waals surface area contributed by atoms with Gasteiger partial charge in [0.2, 0.25) is 11.1 Å². The molecule has 1 aromatic carbocycles. The van der Waals surface area contributed by atoms with Crippen LogP contribution in [0.5, 0.6) is 0 Å². The van der Waals surface area contributed by atoms with E-state index in [1.54, 1.807) is 6.92 Å². The van der Waals surface area contributed by atoms with E-state index in [0.717, 1.165) is 35.7 Å². The molecule has 0 unspecified atom stereocenters. The zero-order valence-corrected chi connectivity index (χ0v) is 14.2. The number of benzene rings is 1. The van der Waals surface area contributed by atoms with Gasteiger partial charge in [0.15, 0.2) is 0 Å². The fourth-order valence-electron chi connectivity index (χ4n) is 2.84. The lowest BCUT2D eigenvalue weighted by Crippen LogP contribution is -2.34. The van der Waals surface area contributed by atoms with E-state index in [1.165, 1.54) is 11.1 Å². The highest BCUT2D eigenvalue weighted by Gasteiger charge is 2.21. The molecule has 126 valence electrons. The van der Waals surface area contributed by atoms with Crippen molar-refractivity contribution in [2.75, 3.05) is 11.6 Å². The van der Waals surface area contributed by atoms with Crippen LogP contribution < -0.4 is 16.7 Å². The molecule has 3 rings (SSSR count). The monoisotopic (exact) mass is 345 g/mol. The largest absolute Gasteiger partial charge is 0.349 e. The molecule has 1 amide bonds. The number of rotatable bonds is 4. The van der Waals surface area contributed by atoms with Crippen molar-refractivity contribution in [1.29, 1.82) is 0 Å². The molecule has 0 radical (unpaired) electrons. The van der Waals surface area contributed by atoms with Crippen LogP contribution in [0.1, 0.15) is 35.7 Å². The van der Waals surface area contributed by atoms with E-state index in [-0.39, 0.29) is 28.6 Å². The fraction of sp³-hybridized carbons (Fsp3) is 0.375. The molecule has 0 saturated heterocycles. The van der Waals surface area contributed by atoms with Gasteiger partial charge in [-0.25, -0.2) is 0 Å². The summed E-state index contributed by atoms with van der Waals surface area (Å²) in [5.41, 5.74) is 2.30. The second-order valence-electron chi connectivity index (χ2n) is 5.74. The highest BCUT2D eigenvalue weighted by atomic mass is 32.2. The van der Waals surface area contributed by atoms with Gasteiger partial charge in [0.1, 0.15) is 5.69 Å². The van der Waals surface area contributed by atoms with Gasteiger partial charge < -0.3 is 11.2 Å². The first-order chi connectivity index (χ1) is 11.6. The predicted molar refractivity (Wildman–Crippen MR) is 92.2 cm³/mol. The van der Waals surface area contributed by atoms with Gasteiger partial charge in [-0.3, -0.25) is 9.59 Å². The Morgan fingerprint density at radius 1 is 1.42 bits per heavy atom. The van der Waals surface area contributed by atoms with E-state index in [0.29, 0.717) is 0 Å². The zero-order valence-electron chi connectivity index (χ0n) is 13.4. The molecule has 7 nitrogen and oxygen atoms in total. The number of nitrogen functional groups attached to an aromatic ring is 1. The van der Waals surface area contributed by atoms with Crippen molar-refractivity contribution in [3.63, 3.8) is 0 Å². The molecule has 3 N–H and O–H groups in total. The second kappa shape index (κ2) is 7.04. The lowest BCUT2D eigenvalue weighted by atomic mass is 9.88. The molecule has 24 heavy (non-hydrogen) atoms. The molecule has 0 spiro atoms. The molecule has 0 aliphatic heterocycles. The molecule has 2 aromatic rings. The Balaban J connectivity index is 1.63. The maximum absolute atomic E-state index is 12.2. The molecule has 1 aromatic heterocycles. The number of nitrogens with two attached hydrogens (primary N) is 1. The number of aromatic nitrogens is 3. The first-order valence-electron chi connectivity index (χ1n) is 7.77. The summed E-state index contributed by atoms with van der Waals surface area (Å²) in [4.78, 5) is 24.0. The molecule has 8 heteroatoms. The third-order valence-corrected chi connectivity index (χ3v) is 5.00. The topological polar surface area (TPSA) is 103 Å². The average molecular weight is 345 g/mol. The van der Waals surface area contributed by atoms with E-state index in [4.69, 9.17) is 5.84 Å². The lowest BCUT2D eigenvalue weighted by Gasteiger charge is -2.26. The van der Waals surface area contributed by atoms with E-state index in [9.17, 15) is 9.59 Å². The predicted octanol–water partition coefficient (Wildman–Crippen LogP) is 0.946. The number of carbonyl (C=O) groups excluding carboxylic acids is 1. The summed E-state index contributed by atoms with van der Waals surface area (Å²) in [5.74, 6) is 5.68. The van der Waals surface area contributed by atoms with Crippen molar-refractivity contribution in [2.24, 2.45) is 0 Å². The van der Waals surface area contributed by atoms with Crippen molar-refractivity contribution in [2.45, 2.75) is 37.4 Å². The molecule has 1 atom stereocenters. The van der Waals surface area contributed by atoms with E-state index in [1.807, 2.05) is 12.1 Å². The Labute approximate surface area is 143 Å². The maximum Gasteiger partial charge on any atom is 0.294 e. The highest BCUT2D eigenvalue weighted by molar-refractivity contribution is 7.99. The summed E-state index contributed by atoms with van der Waals surface area (Å²) in [7, 11) is 0. The first kappa shape index (κ1) is 16.5. The molecule has 0 bridgehead atoms. The molecule has 1 aliphatic rings. The van der Waals surface area contributed by atoms with Gasteiger partial charge >= 0.3 is 0 Å². The van der Waals surface area contributed by atoms with E-state index >= 15 is 0 Å². The number of hydrogen-bond donors (Lipinski definition) is 2. The summed E-state index contributed by atoms with van der Waals surface area (Å²) < 4.78 is 0.927. The van der Waals surface area contributed by atoms with Gasteiger partial charge in [0.05, 0.1) is 11.8 Å². The minimum Gasteiger partial charge on any atom is -0.349 e. The van der Waals surface area contributed by atoms with Crippen LogP contribution in [-0.2, 0) is 11.2 Å². The molecular weight excluding hydrogens is 326 g/mol. The fourth-order valence-corrected chi connectivity index (χ4v) is 3.50. The highest BCUT2D eigenvalue weighted by Crippen LogP contribution is 2.29. The van der Waals surface area contributed by atoms with Crippen molar-refractivity contribution in [3.8, 4) is 0 Å². The number of thioether (sulfide) groups is 1. The summed E-state index contributed by atoms with van der Waals surface area (Å²) in [6.45, 7) is 1.54. The van der Waals surface area contributed by atoms with Crippen molar-refractivity contribution in [1.82, 2.24) is 20.2 Å². The average Bonchev–Trinajstić information content (AvgIpc) is 2.59. The molecule has 0 saturated carbocycles. The summed E-state index contributed by atoms with van der Waals surface area (Å²) >= 11 is 1.10. The van der Waals surface area contributed by atoms with Crippen molar-refractivity contribution >= 4 is 17.7 Å². The number of fused-ring (bicyclic) bond motifs is 1. The van der Waals surface area contributed by atoms with Gasteiger partial charge in [0.25, 0.3) is 5.56 Å². The SMILES string of the molecule is Cc1nnc(SCC(=O)N[C@@H]2CCCc3ccccc32)n(N)c1=O. The summed E-state index contributed by atoms with van der Waals surface area (Å²) in [6, 6.07) is 8.22. The number of nitrogens with zero attached hydrogens (tertiary/aromatic N) is 3.